The SMILES string of the molecule is CCn1c(=O)c(C(=O)CN(Cc2cccnc2)C2CC2)c(N)n(Cc2ccccc2)c1=O. The van der Waals surface area contributed by atoms with Gasteiger partial charge in [-0.25, -0.2) is 4.79 Å². The van der Waals surface area contributed by atoms with Gasteiger partial charge in [-0.2, -0.15) is 0 Å². The number of hydrogen-bond acceptors (Lipinski definition) is 6. The number of nitrogen functional groups attached to an aromatic ring is 1. The first-order valence-electron chi connectivity index (χ1n) is 10.8. The average molecular weight is 434 g/mol. The van der Waals surface area contributed by atoms with Crippen LogP contribution in [-0.2, 0) is 19.6 Å². The Morgan fingerprint density at radius 1 is 1.09 bits per heavy atom. The summed E-state index contributed by atoms with van der Waals surface area (Å²) in [5.41, 5.74) is 6.89. The van der Waals surface area contributed by atoms with Gasteiger partial charge in [-0.15, -0.1) is 0 Å². The fourth-order valence-corrected chi connectivity index (χ4v) is 3.92. The van der Waals surface area contributed by atoms with Crippen molar-refractivity contribution < 1.29 is 4.79 Å². The number of pyridine rings is 1. The molecule has 3 aromatic rings. The number of carbonyl (C=O) groups is 1. The molecule has 0 unspecified atom stereocenters. The lowest BCUT2D eigenvalue weighted by atomic mass is 10.1. The van der Waals surface area contributed by atoms with E-state index in [0.717, 1.165) is 28.5 Å². The van der Waals surface area contributed by atoms with Crippen LogP contribution >= 0.6 is 0 Å². The van der Waals surface area contributed by atoms with Crippen molar-refractivity contribution in [2.75, 3.05) is 12.3 Å². The molecule has 1 aromatic carbocycles. The molecule has 0 radical (unpaired) electrons. The molecule has 0 bridgehead atoms. The quantitative estimate of drug-likeness (QED) is 0.517. The third-order valence-electron chi connectivity index (χ3n) is 5.76. The molecule has 8 nitrogen and oxygen atoms in total. The number of nitrogens with zero attached hydrogens (tertiary/aromatic N) is 4. The second-order valence-electron chi connectivity index (χ2n) is 8.08. The number of anilines is 1. The summed E-state index contributed by atoms with van der Waals surface area (Å²) in [5.74, 6) is -0.442. The predicted octanol–water partition coefficient (Wildman–Crippen LogP) is 1.90. The maximum atomic E-state index is 13.3. The van der Waals surface area contributed by atoms with E-state index >= 15 is 0 Å². The number of aromatic nitrogens is 3. The molecule has 2 heterocycles. The maximum Gasteiger partial charge on any atom is 0.332 e. The topological polar surface area (TPSA) is 103 Å². The van der Waals surface area contributed by atoms with E-state index in [-0.39, 0.29) is 36.8 Å². The van der Waals surface area contributed by atoms with Crippen molar-refractivity contribution in [1.29, 1.82) is 0 Å². The summed E-state index contributed by atoms with van der Waals surface area (Å²) in [6.45, 7) is 2.68. The summed E-state index contributed by atoms with van der Waals surface area (Å²) >= 11 is 0. The summed E-state index contributed by atoms with van der Waals surface area (Å²) in [6, 6.07) is 13.5. The van der Waals surface area contributed by atoms with E-state index in [2.05, 4.69) is 9.88 Å². The van der Waals surface area contributed by atoms with E-state index in [9.17, 15) is 14.4 Å². The number of ketones is 1. The molecule has 1 aliphatic carbocycles. The Labute approximate surface area is 185 Å². The van der Waals surface area contributed by atoms with Gasteiger partial charge < -0.3 is 5.73 Å². The van der Waals surface area contributed by atoms with Gasteiger partial charge >= 0.3 is 5.69 Å². The molecule has 0 atom stereocenters. The van der Waals surface area contributed by atoms with Crippen molar-refractivity contribution in [1.82, 2.24) is 19.0 Å². The second-order valence-corrected chi connectivity index (χ2v) is 8.08. The van der Waals surface area contributed by atoms with E-state index in [4.69, 9.17) is 5.73 Å². The summed E-state index contributed by atoms with van der Waals surface area (Å²) in [4.78, 5) is 45.5. The fourth-order valence-electron chi connectivity index (χ4n) is 3.92. The van der Waals surface area contributed by atoms with Gasteiger partial charge in [0.25, 0.3) is 5.56 Å². The Kier molecular flexibility index (Phi) is 6.32. The normalized spacial score (nSPS) is 13.4. The van der Waals surface area contributed by atoms with Crippen molar-refractivity contribution in [3.05, 3.63) is 92.4 Å². The third-order valence-corrected chi connectivity index (χ3v) is 5.76. The van der Waals surface area contributed by atoms with Crippen LogP contribution < -0.4 is 17.0 Å². The van der Waals surface area contributed by atoms with Gasteiger partial charge in [0, 0.05) is 31.5 Å². The van der Waals surface area contributed by atoms with Gasteiger partial charge in [-0.1, -0.05) is 36.4 Å². The van der Waals surface area contributed by atoms with Crippen molar-refractivity contribution in [2.24, 2.45) is 0 Å². The highest BCUT2D eigenvalue weighted by atomic mass is 16.2. The van der Waals surface area contributed by atoms with E-state index in [1.807, 2.05) is 42.5 Å². The molecular weight excluding hydrogens is 406 g/mol. The zero-order chi connectivity index (χ0) is 22.7. The molecule has 4 rings (SSSR count). The van der Waals surface area contributed by atoms with Crippen molar-refractivity contribution in [3.63, 3.8) is 0 Å². The molecule has 166 valence electrons. The van der Waals surface area contributed by atoms with Crippen LogP contribution in [0.4, 0.5) is 5.82 Å². The average Bonchev–Trinajstić information content (AvgIpc) is 3.64. The van der Waals surface area contributed by atoms with Crippen LogP contribution in [0.25, 0.3) is 0 Å². The van der Waals surface area contributed by atoms with E-state index < -0.39 is 11.2 Å². The number of rotatable bonds is 9. The molecule has 0 amide bonds. The van der Waals surface area contributed by atoms with Gasteiger partial charge in [0.1, 0.15) is 11.4 Å². The zero-order valence-corrected chi connectivity index (χ0v) is 18.1. The fraction of sp³-hybridized carbons (Fsp3) is 0.333. The lowest BCUT2D eigenvalue weighted by molar-refractivity contribution is 0.0917. The first-order valence-corrected chi connectivity index (χ1v) is 10.8. The molecule has 0 aliphatic heterocycles. The second kappa shape index (κ2) is 9.32. The Hall–Kier alpha value is -3.52. The largest absolute Gasteiger partial charge is 0.384 e. The van der Waals surface area contributed by atoms with E-state index in [1.54, 1.807) is 19.3 Å². The molecule has 32 heavy (non-hydrogen) atoms. The number of Topliss-reactive ketones (excluding diaryl/α,β-unsaturated/α-hetero) is 1. The van der Waals surface area contributed by atoms with E-state index in [1.165, 1.54) is 4.57 Å². The number of hydrogen-bond donors (Lipinski definition) is 1. The summed E-state index contributed by atoms with van der Waals surface area (Å²) < 4.78 is 2.39. The Morgan fingerprint density at radius 3 is 2.44 bits per heavy atom. The van der Waals surface area contributed by atoms with Gasteiger partial charge in [-0.05, 0) is 37.0 Å². The minimum absolute atomic E-state index is 0.0618. The monoisotopic (exact) mass is 433 g/mol. The molecule has 2 aromatic heterocycles. The number of carbonyl (C=O) groups excluding carboxylic acids is 1. The summed E-state index contributed by atoms with van der Waals surface area (Å²) in [6.07, 6.45) is 5.50. The lowest BCUT2D eigenvalue weighted by Gasteiger charge is -2.22. The van der Waals surface area contributed by atoms with Gasteiger partial charge in [0.2, 0.25) is 0 Å². The molecule has 0 spiro atoms. The highest BCUT2D eigenvalue weighted by Crippen LogP contribution is 2.28. The maximum absolute atomic E-state index is 13.3. The van der Waals surface area contributed by atoms with Gasteiger partial charge in [-0.3, -0.25) is 28.6 Å². The van der Waals surface area contributed by atoms with Crippen LogP contribution in [-0.4, -0.2) is 37.4 Å². The lowest BCUT2D eigenvalue weighted by Crippen LogP contribution is -2.45. The van der Waals surface area contributed by atoms with Crippen LogP contribution in [0.15, 0.2) is 64.4 Å². The molecule has 1 aliphatic rings. The Morgan fingerprint density at radius 2 is 1.81 bits per heavy atom. The van der Waals surface area contributed by atoms with Crippen molar-refractivity contribution in [2.45, 2.75) is 45.4 Å². The van der Waals surface area contributed by atoms with Crippen LogP contribution in [0.2, 0.25) is 0 Å². The molecule has 0 saturated heterocycles. The Balaban J connectivity index is 1.68. The highest BCUT2D eigenvalue weighted by Gasteiger charge is 2.32. The van der Waals surface area contributed by atoms with Crippen molar-refractivity contribution in [3.8, 4) is 0 Å². The van der Waals surface area contributed by atoms with Crippen LogP contribution in [0.5, 0.6) is 0 Å². The smallest absolute Gasteiger partial charge is 0.332 e. The van der Waals surface area contributed by atoms with Gasteiger partial charge in [0.15, 0.2) is 5.78 Å². The van der Waals surface area contributed by atoms with Crippen molar-refractivity contribution >= 4 is 11.6 Å². The van der Waals surface area contributed by atoms with Crippen LogP contribution in [0.3, 0.4) is 0 Å². The number of benzene rings is 1. The van der Waals surface area contributed by atoms with Crippen LogP contribution in [0, 0.1) is 0 Å². The Bertz CT molecular complexity index is 1210. The summed E-state index contributed by atoms with van der Waals surface area (Å²) in [5, 5.41) is 0. The summed E-state index contributed by atoms with van der Waals surface area (Å²) in [7, 11) is 0. The van der Waals surface area contributed by atoms with Crippen LogP contribution in [0.1, 0.15) is 41.3 Å². The molecule has 1 fully saturated rings. The minimum atomic E-state index is -0.624. The van der Waals surface area contributed by atoms with Gasteiger partial charge in [0.05, 0.1) is 13.1 Å². The molecular formula is C24H27N5O3. The first kappa shape index (κ1) is 21.7. The minimum Gasteiger partial charge on any atom is -0.384 e. The molecule has 8 heteroatoms. The van der Waals surface area contributed by atoms with E-state index in [0.29, 0.717) is 12.6 Å². The predicted molar refractivity (Wildman–Crippen MR) is 123 cm³/mol. The first-order chi connectivity index (χ1) is 15.5. The molecule has 1 saturated carbocycles. The highest BCUT2D eigenvalue weighted by molar-refractivity contribution is 6.01. The number of nitrogens with two attached hydrogens (primary N) is 1. The zero-order valence-electron chi connectivity index (χ0n) is 18.1. The standard InChI is InChI=1S/C24H27N5O3/c1-2-28-23(31)21(22(25)29(24(28)32)15-17-7-4-3-5-8-17)20(30)16-27(19-10-11-19)14-18-9-6-12-26-13-18/h3-9,12-13,19H,2,10-11,14-16,25H2,1H3. The third kappa shape index (κ3) is 4.55. The molecule has 2 N–H and O–H groups in total.